The fourth-order valence-electron chi connectivity index (χ4n) is 1.72. The van der Waals surface area contributed by atoms with Crippen molar-refractivity contribution in [1.82, 2.24) is 14.9 Å². The van der Waals surface area contributed by atoms with E-state index in [1.165, 1.54) is 12.3 Å². The number of nitrogens with one attached hydrogen (secondary N) is 1. The zero-order chi connectivity index (χ0) is 15.5. The van der Waals surface area contributed by atoms with Gasteiger partial charge in [0.2, 0.25) is 10.0 Å². The summed E-state index contributed by atoms with van der Waals surface area (Å²) in [5, 5.41) is 7.52. The summed E-state index contributed by atoms with van der Waals surface area (Å²) in [5.41, 5.74) is 7.19. The van der Waals surface area contributed by atoms with Crippen LogP contribution in [0.4, 0.5) is 0 Å². The first-order chi connectivity index (χ1) is 9.90. The Hall–Kier alpha value is -1.90. The lowest BCUT2D eigenvalue weighted by Gasteiger charge is -2.10. The van der Waals surface area contributed by atoms with E-state index < -0.39 is 10.0 Å². The molecule has 0 amide bonds. The molecule has 0 saturated heterocycles. The Kier molecular flexibility index (Phi) is 4.61. The van der Waals surface area contributed by atoms with Crippen LogP contribution in [0.5, 0.6) is 0 Å². The van der Waals surface area contributed by atoms with E-state index in [2.05, 4.69) is 14.9 Å². The molecule has 0 bridgehead atoms. The highest BCUT2D eigenvalue weighted by Crippen LogP contribution is 2.17. The minimum absolute atomic E-state index is 0.0624. The highest BCUT2D eigenvalue weighted by molar-refractivity contribution is 7.89. The van der Waals surface area contributed by atoms with Crippen molar-refractivity contribution in [1.29, 1.82) is 0 Å². The minimum atomic E-state index is -3.68. The van der Waals surface area contributed by atoms with Crippen molar-refractivity contribution < 1.29 is 8.42 Å². The van der Waals surface area contributed by atoms with Crippen molar-refractivity contribution in [3.63, 3.8) is 0 Å². The van der Waals surface area contributed by atoms with Crippen LogP contribution in [-0.4, -0.2) is 23.6 Å². The predicted octanol–water partition coefficient (Wildman–Crippen LogP) is 0.898. The molecule has 0 spiro atoms. The third-order valence-corrected chi connectivity index (χ3v) is 4.61. The van der Waals surface area contributed by atoms with Crippen molar-refractivity contribution in [2.45, 2.75) is 18.4 Å². The maximum Gasteiger partial charge on any atom is 0.241 e. The monoisotopic (exact) mass is 322 g/mol. The van der Waals surface area contributed by atoms with Crippen molar-refractivity contribution in [2.75, 3.05) is 0 Å². The van der Waals surface area contributed by atoms with Gasteiger partial charge >= 0.3 is 0 Å². The van der Waals surface area contributed by atoms with Gasteiger partial charge in [0.1, 0.15) is 4.99 Å². The molecule has 0 aliphatic rings. The Bertz CT molecular complexity index is 761. The first-order valence-electron chi connectivity index (χ1n) is 6.07. The largest absolute Gasteiger partial charge is 0.389 e. The molecule has 110 valence electrons. The van der Waals surface area contributed by atoms with Crippen molar-refractivity contribution in [2.24, 2.45) is 5.73 Å². The highest BCUT2D eigenvalue weighted by Gasteiger charge is 2.18. The van der Waals surface area contributed by atoms with Crippen LogP contribution in [0.1, 0.15) is 16.8 Å². The van der Waals surface area contributed by atoms with Crippen LogP contribution < -0.4 is 10.5 Å². The summed E-state index contributed by atoms with van der Waals surface area (Å²) in [6.45, 7) is 1.77. The van der Waals surface area contributed by atoms with Gasteiger partial charge in [-0.1, -0.05) is 24.4 Å². The first kappa shape index (κ1) is 15.5. The van der Waals surface area contributed by atoms with E-state index in [0.29, 0.717) is 16.8 Å². The molecule has 0 atom stereocenters. The Labute approximate surface area is 128 Å². The molecule has 0 saturated carbocycles. The van der Waals surface area contributed by atoms with Gasteiger partial charge in [-0.25, -0.2) is 13.1 Å². The molecular weight excluding hydrogens is 308 g/mol. The number of rotatable bonds is 5. The maximum atomic E-state index is 12.4. The number of hydrogen-bond acceptors (Lipinski definition) is 5. The molecule has 3 N–H and O–H groups in total. The summed E-state index contributed by atoms with van der Waals surface area (Å²) in [4.78, 5) is 0.303. The Balaban J connectivity index is 2.27. The fraction of sp³-hybridized carbons (Fsp3) is 0.154. The highest BCUT2D eigenvalue weighted by atomic mass is 32.2. The molecule has 1 aromatic heterocycles. The fourth-order valence-corrected chi connectivity index (χ4v) is 3.11. The van der Waals surface area contributed by atoms with E-state index in [-0.39, 0.29) is 16.4 Å². The molecule has 0 aliphatic carbocycles. The summed E-state index contributed by atoms with van der Waals surface area (Å²) in [5.74, 6) is 0. The Morgan fingerprint density at radius 3 is 2.76 bits per heavy atom. The van der Waals surface area contributed by atoms with Crippen LogP contribution in [0, 0.1) is 6.92 Å². The molecule has 2 rings (SSSR count). The molecule has 21 heavy (non-hydrogen) atoms. The number of nitrogens with zero attached hydrogens (tertiary/aromatic N) is 2. The normalized spacial score (nSPS) is 11.3. The van der Waals surface area contributed by atoms with Crippen LogP contribution >= 0.6 is 12.2 Å². The molecular formula is C13H14N4O2S2. The number of aryl methyl sites for hydroxylation is 1. The number of thiocarbonyl (C=S) groups is 1. The number of nitrogens with two attached hydrogens (primary N) is 1. The molecule has 0 unspecified atom stereocenters. The molecule has 8 heteroatoms. The summed E-state index contributed by atoms with van der Waals surface area (Å²) in [7, 11) is -3.68. The van der Waals surface area contributed by atoms with Crippen molar-refractivity contribution in [3.8, 4) is 0 Å². The number of aromatic nitrogens is 2. The zero-order valence-electron chi connectivity index (χ0n) is 11.3. The van der Waals surface area contributed by atoms with E-state index in [9.17, 15) is 8.42 Å². The standard InChI is InChI=1S/C13H14N4O2S2/c1-9-4-5-10(13(14)20)7-12(9)21(18,19)16-8-11-3-2-6-15-17-11/h2-7,16H,8H2,1H3,(H2,14,20). The van der Waals surface area contributed by atoms with Gasteiger partial charge < -0.3 is 5.73 Å². The molecule has 6 nitrogen and oxygen atoms in total. The lowest BCUT2D eigenvalue weighted by atomic mass is 10.1. The number of sulfonamides is 1. The summed E-state index contributed by atoms with van der Waals surface area (Å²) in [6.07, 6.45) is 1.52. The number of hydrogen-bond donors (Lipinski definition) is 2. The maximum absolute atomic E-state index is 12.4. The van der Waals surface area contributed by atoms with Gasteiger partial charge in [-0.2, -0.15) is 10.2 Å². The molecule has 0 radical (unpaired) electrons. The summed E-state index contributed by atoms with van der Waals surface area (Å²) in [6, 6.07) is 8.21. The first-order valence-corrected chi connectivity index (χ1v) is 7.96. The lowest BCUT2D eigenvalue weighted by Crippen LogP contribution is -2.25. The van der Waals surface area contributed by atoms with Crippen LogP contribution in [0.25, 0.3) is 0 Å². The van der Waals surface area contributed by atoms with Gasteiger partial charge in [0.25, 0.3) is 0 Å². The average molecular weight is 322 g/mol. The molecule has 0 aliphatic heterocycles. The second-order valence-electron chi connectivity index (χ2n) is 4.38. The third kappa shape index (κ3) is 3.81. The van der Waals surface area contributed by atoms with Crippen molar-refractivity contribution >= 4 is 27.2 Å². The summed E-state index contributed by atoms with van der Waals surface area (Å²) >= 11 is 4.87. The molecule has 0 fully saturated rings. The molecule has 1 aromatic carbocycles. The Morgan fingerprint density at radius 2 is 2.14 bits per heavy atom. The van der Waals surface area contributed by atoms with E-state index in [4.69, 9.17) is 18.0 Å². The zero-order valence-corrected chi connectivity index (χ0v) is 12.9. The van der Waals surface area contributed by atoms with Gasteiger partial charge in [-0.3, -0.25) is 0 Å². The summed E-state index contributed by atoms with van der Waals surface area (Å²) < 4.78 is 27.2. The van der Waals surface area contributed by atoms with Gasteiger partial charge in [-0.05, 0) is 30.7 Å². The SMILES string of the molecule is Cc1ccc(C(N)=S)cc1S(=O)(=O)NCc1cccnn1. The minimum Gasteiger partial charge on any atom is -0.389 e. The van der Waals surface area contributed by atoms with E-state index in [1.54, 1.807) is 31.2 Å². The van der Waals surface area contributed by atoms with Gasteiger partial charge in [-0.15, -0.1) is 0 Å². The second kappa shape index (κ2) is 6.25. The predicted molar refractivity (Wildman–Crippen MR) is 83.1 cm³/mol. The van der Waals surface area contributed by atoms with E-state index in [0.717, 1.165) is 0 Å². The van der Waals surface area contributed by atoms with Crippen LogP contribution in [0.2, 0.25) is 0 Å². The second-order valence-corrected chi connectivity index (χ2v) is 6.56. The van der Waals surface area contributed by atoms with Crippen LogP contribution in [0.3, 0.4) is 0 Å². The average Bonchev–Trinajstić information content (AvgIpc) is 2.46. The van der Waals surface area contributed by atoms with Gasteiger partial charge in [0, 0.05) is 11.8 Å². The quantitative estimate of drug-likeness (QED) is 0.794. The van der Waals surface area contributed by atoms with Gasteiger partial charge in [0.15, 0.2) is 0 Å². The molecule has 2 aromatic rings. The van der Waals surface area contributed by atoms with Gasteiger partial charge in [0.05, 0.1) is 17.1 Å². The van der Waals surface area contributed by atoms with Crippen molar-refractivity contribution in [3.05, 3.63) is 53.3 Å². The smallest absolute Gasteiger partial charge is 0.241 e. The lowest BCUT2D eigenvalue weighted by molar-refractivity contribution is 0.579. The van der Waals surface area contributed by atoms with Crippen LogP contribution in [-0.2, 0) is 16.6 Å². The Morgan fingerprint density at radius 1 is 1.38 bits per heavy atom. The third-order valence-electron chi connectivity index (χ3n) is 2.83. The molecule has 1 heterocycles. The number of benzene rings is 1. The topological polar surface area (TPSA) is 98.0 Å². The van der Waals surface area contributed by atoms with E-state index in [1.807, 2.05) is 0 Å². The van der Waals surface area contributed by atoms with Crippen LogP contribution in [0.15, 0.2) is 41.4 Å². The van der Waals surface area contributed by atoms with E-state index >= 15 is 0 Å².